The molecular weight excluding hydrogens is 114 g/mol. The van der Waals surface area contributed by atoms with Crippen LogP contribution in [0.3, 0.4) is 0 Å². The van der Waals surface area contributed by atoms with E-state index in [1.54, 1.807) is 0 Å². The van der Waals surface area contributed by atoms with E-state index in [1.165, 1.54) is 0 Å². The maximum absolute atomic E-state index is 11.7. The van der Waals surface area contributed by atoms with Crippen LogP contribution in [-0.2, 0) is 4.74 Å². The minimum absolute atomic E-state index is 0.587. The molecule has 0 radical (unpaired) electrons. The molecule has 0 aromatic heterocycles. The number of hydrogen-bond acceptors (Lipinski definition) is 1. The molecule has 48 valence electrons. The van der Waals surface area contributed by atoms with Crippen LogP contribution < -0.4 is 0 Å². The third kappa shape index (κ3) is 5.40. The lowest BCUT2D eigenvalue weighted by molar-refractivity contribution is -0.0369. The van der Waals surface area contributed by atoms with Crippen molar-refractivity contribution >= 4 is 0 Å². The Morgan fingerprint density at radius 1 is 1.75 bits per heavy atom. The molecule has 0 aliphatic rings. The van der Waals surface area contributed by atoms with E-state index in [-0.39, 0.29) is 0 Å². The van der Waals surface area contributed by atoms with Gasteiger partial charge < -0.3 is 4.74 Å². The van der Waals surface area contributed by atoms with Crippen molar-refractivity contribution in [2.24, 2.45) is 0 Å². The van der Waals surface area contributed by atoms with Crippen molar-refractivity contribution in [1.82, 2.24) is 0 Å². The molecule has 0 N–H and O–H groups in total. The number of halogens is 2. The largest absolute Gasteiger partial charge is 0.496 e. The van der Waals surface area contributed by atoms with Gasteiger partial charge >= 0.3 is 0 Å². The number of rotatable bonds is 3. The van der Waals surface area contributed by atoms with Crippen molar-refractivity contribution in [2.75, 3.05) is 6.61 Å². The smallest absolute Gasteiger partial charge is 0.278 e. The Morgan fingerprint density at radius 3 is 2.38 bits per heavy atom. The van der Waals surface area contributed by atoms with Crippen LogP contribution in [0.5, 0.6) is 0 Å². The minimum Gasteiger partial charge on any atom is -0.496 e. The Kier molecular flexibility index (Phi) is 2.45. The zero-order valence-electron chi connectivity index (χ0n) is 4.66. The van der Waals surface area contributed by atoms with Crippen LogP contribution in [-0.4, -0.2) is 12.5 Å². The first-order chi connectivity index (χ1) is 3.56. The standard InChI is InChI=1S/C5H8F2O/c1-3-8-4-5(2,6)7/h3H,1,4H2,2H3. The van der Waals surface area contributed by atoms with Crippen LogP contribution in [0.1, 0.15) is 6.92 Å². The van der Waals surface area contributed by atoms with Crippen molar-refractivity contribution in [3.05, 3.63) is 12.8 Å². The lowest BCUT2D eigenvalue weighted by atomic mass is 10.4. The number of hydrogen-bond donors (Lipinski definition) is 0. The van der Waals surface area contributed by atoms with Crippen LogP contribution in [0.15, 0.2) is 12.8 Å². The molecule has 0 heterocycles. The molecule has 0 aliphatic carbocycles. The fourth-order valence-electron chi connectivity index (χ4n) is 0.205. The first-order valence-electron chi connectivity index (χ1n) is 2.16. The molecule has 0 unspecified atom stereocenters. The van der Waals surface area contributed by atoms with E-state index in [9.17, 15) is 8.78 Å². The average molecular weight is 122 g/mol. The van der Waals surface area contributed by atoms with E-state index in [4.69, 9.17) is 0 Å². The van der Waals surface area contributed by atoms with Gasteiger partial charge in [-0.1, -0.05) is 6.58 Å². The second-order valence-electron chi connectivity index (χ2n) is 1.55. The fraction of sp³-hybridized carbons (Fsp3) is 0.600. The van der Waals surface area contributed by atoms with E-state index in [2.05, 4.69) is 11.3 Å². The van der Waals surface area contributed by atoms with Crippen LogP contribution in [0.2, 0.25) is 0 Å². The van der Waals surface area contributed by atoms with Crippen LogP contribution in [0.4, 0.5) is 8.78 Å². The molecule has 0 amide bonds. The highest BCUT2D eigenvalue weighted by Gasteiger charge is 2.20. The normalized spacial score (nSPS) is 10.9. The first-order valence-corrected chi connectivity index (χ1v) is 2.16. The van der Waals surface area contributed by atoms with Gasteiger partial charge in [-0.2, -0.15) is 0 Å². The molecule has 0 atom stereocenters. The highest BCUT2D eigenvalue weighted by Crippen LogP contribution is 2.10. The third-order valence-electron chi connectivity index (χ3n) is 0.455. The van der Waals surface area contributed by atoms with Gasteiger partial charge in [-0.3, -0.25) is 0 Å². The quantitative estimate of drug-likeness (QED) is 0.518. The van der Waals surface area contributed by atoms with Crippen LogP contribution in [0.25, 0.3) is 0 Å². The Hall–Kier alpha value is -0.600. The third-order valence-corrected chi connectivity index (χ3v) is 0.455. The topological polar surface area (TPSA) is 9.23 Å². The van der Waals surface area contributed by atoms with Crippen LogP contribution in [0, 0.1) is 0 Å². The minimum atomic E-state index is -2.74. The lowest BCUT2D eigenvalue weighted by Gasteiger charge is -2.07. The Bertz CT molecular complexity index is 75.0. The summed E-state index contributed by atoms with van der Waals surface area (Å²) < 4.78 is 27.7. The molecule has 0 fully saturated rings. The summed E-state index contributed by atoms with van der Waals surface area (Å²) in [6, 6.07) is 0. The number of alkyl halides is 2. The highest BCUT2D eigenvalue weighted by molar-refractivity contribution is 4.58. The molecule has 8 heavy (non-hydrogen) atoms. The van der Waals surface area contributed by atoms with Gasteiger partial charge in [-0.05, 0) is 0 Å². The first kappa shape index (κ1) is 7.40. The molecule has 0 spiro atoms. The van der Waals surface area contributed by atoms with Crippen molar-refractivity contribution in [3.8, 4) is 0 Å². The molecular formula is C5H8F2O. The predicted octanol–water partition coefficient (Wildman–Crippen LogP) is 1.80. The lowest BCUT2D eigenvalue weighted by Crippen LogP contribution is -2.16. The summed E-state index contributed by atoms with van der Waals surface area (Å²) in [5.41, 5.74) is 0. The van der Waals surface area contributed by atoms with Gasteiger partial charge in [0.15, 0.2) is 6.61 Å². The molecule has 0 aromatic rings. The Labute approximate surface area is 47.0 Å². The highest BCUT2D eigenvalue weighted by atomic mass is 19.3. The molecule has 0 bridgehead atoms. The van der Waals surface area contributed by atoms with E-state index in [0.717, 1.165) is 13.2 Å². The molecule has 0 saturated heterocycles. The fourth-order valence-corrected chi connectivity index (χ4v) is 0.205. The maximum Gasteiger partial charge on any atom is 0.278 e. The van der Waals surface area contributed by atoms with Gasteiger partial charge in [0.25, 0.3) is 5.92 Å². The van der Waals surface area contributed by atoms with E-state index >= 15 is 0 Å². The van der Waals surface area contributed by atoms with E-state index in [1.807, 2.05) is 0 Å². The summed E-state index contributed by atoms with van der Waals surface area (Å²) in [6.45, 7) is 3.31. The van der Waals surface area contributed by atoms with Crippen molar-refractivity contribution in [3.63, 3.8) is 0 Å². The van der Waals surface area contributed by atoms with E-state index < -0.39 is 12.5 Å². The zero-order chi connectivity index (χ0) is 6.62. The van der Waals surface area contributed by atoms with Crippen molar-refractivity contribution in [1.29, 1.82) is 0 Å². The van der Waals surface area contributed by atoms with Crippen LogP contribution >= 0.6 is 0 Å². The van der Waals surface area contributed by atoms with Gasteiger partial charge in [0.1, 0.15) is 0 Å². The van der Waals surface area contributed by atoms with Gasteiger partial charge in [0.2, 0.25) is 0 Å². The monoisotopic (exact) mass is 122 g/mol. The SMILES string of the molecule is C=COCC(C)(F)F. The Morgan fingerprint density at radius 2 is 2.25 bits per heavy atom. The van der Waals surface area contributed by atoms with Gasteiger partial charge in [0, 0.05) is 6.92 Å². The zero-order valence-corrected chi connectivity index (χ0v) is 4.66. The predicted molar refractivity (Wildman–Crippen MR) is 26.8 cm³/mol. The van der Waals surface area contributed by atoms with Crippen molar-refractivity contribution in [2.45, 2.75) is 12.8 Å². The average Bonchev–Trinajstić information content (AvgIpc) is 1.59. The summed E-state index contributed by atoms with van der Waals surface area (Å²) >= 11 is 0. The Balaban J connectivity index is 3.24. The summed E-state index contributed by atoms with van der Waals surface area (Å²) in [5.74, 6) is -2.74. The second kappa shape index (κ2) is 2.64. The van der Waals surface area contributed by atoms with Gasteiger partial charge in [-0.25, -0.2) is 8.78 Å². The number of ether oxygens (including phenoxy) is 1. The van der Waals surface area contributed by atoms with Crippen molar-refractivity contribution < 1.29 is 13.5 Å². The molecule has 0 aromatic carbocycles. The summed E-state index contributed by atoms with van der Waals surface area (Å²) in [6.07, 6.45) is 0.997. The van der Waals surface area contributed by atoms with E-state index in [0.29, 0.717) is 0 Å². The molecule has 0 saturated carbocycles. The second-order valence-corrected chi connectivity index (χ2v) is 1.55. The maximum atomic E-state index is 11.7. The summed E-state index contributed by atoms with van der Waals surface area (Å²) in [4.78, 5) is 0. The summed E-state index contributed by atoms with van der Waals surface area (Å²) in [7, 11) is 0. The van der Waals surface area contributed by atoms with Gasteiger partial charge in [-0.15, -0.1) is 0 Å². The molecule has 0 rings (SSSR count). The summed E-state index contributed by atoms with van der Waals surface area (Å²) in [5, 5.41) is 0. The molecule has 3 heteroatoms. The molecule has 1 nitrogen and oxygen atoms in total. The van der Waals surface area contributed by atoms with Gasteiger partial charge in [0.05, 0.1) is 6.26 Å². The molecule has 0 aliphatic heterocycles.